The van der Waals surface area contributed by atoms with Crippen LogP contribution in [0.5, 0.6) is 0 Å². The Bertz CT molecular complexity index is 484. The second kappa shape index (κ2) is 9.47. The molecule has 2 aliphatic heterocycles. The molecule has 0 bridgehead atoms. The number of aryl methyl sites for hydroxylation is 1. The number of carbonyl (C=O) groups is 1. The molecule has 1 amide bonds. The molecule has 8 heteroatoms. The van der Waals surface area contributed by atoms with Crippen molar-refractivity contribution in [2.45, 2.75) is 26.3 Å². The van der Waals surface area contributed by atoms with E-state index in [9.17, 15) is 4.79 Å². The largest absolute Gasteiger partial charge is 0.361 e. The van der Waals surface area contributed by atoms with E-state index in [-0.39, 0.29) is 30.7 Å². The van der Waals surface area contributed by atoms with E-state index < -0.39 is 0 Å². The van der Waals surface area contributed by atoms with Gasteiger partial charge in [0.1, 0.15) is 5.76 Å². The highest BCUT2D eigenvalue weighted by molar-refractivity contribution is 5.85. The Kier molecular flexibility index (Phi) is 8.33. The van der Waals surface area contributed by atoms with Crippen molar-refractivity contribution in [2.24, 2.45) is 5.92 Å². The van der Waals surface area contributed by atoms with E-state index in [0.717, 1.165) is 70.1 Å². The first-order valence-corrected chi connectivity index (χ1v) is 7.86. The minimum Gasteiger partial charge on any atom is -0.361 e. The summed E-state index contributed by atoms with van der Waals surface area (Å²) in [5, 5.41) is 7.35. The summed E-state index contributed by atoms with van der Waals surface area (Å²) in [4.78, 5) is 16.8. The van der Waals surface area contributed by atoms with Gasteiger partial charge in [-0.15, -0.1) is 24.8 Å². The standard InChI is InChI=1S/C15H24N4O2.2ClH/c1-12-9-14(17-21-12)11-18-5-7-19(8-6-18)15(20)13-3-2-4-16-10-13;;/h9,13,16H,2-8,10-11H2,1H3;2*1H. The monoisotopic (exact) mass is 364 g/mol. The first-order chi connectivity index (χ1) is 10.2. The molecule has 2 saturated heterocycles. The van der Waals surface area contributed by atoms with Crippen LogP contribution in [-0.2, 0) is 11.3 Å². The fourth-order valence-corrected chi connectivity index (χ4v) is 3.17. The highest BCUT2D eigenvalue weighted by atomic mass is 35.5. The van der Waals surface area contributed by atoms with Gasteiger partial charge in [0, 0.05) is 45.3 Å². The average Bonchev–Trinajstić information content (AvgIpc) is 2.93. The number of rotatable bonds is 3. The van der Waals surface area contributed by atoms with E-state index in [1.807, 2.05) is 17.9 Å². The van der Waals surface area contributed by atoms with Crippen molar-refractivity contribution in [3.8, 4) is 0 Å². The molecule has 0 aromatic carbocycles. The summed E-state index contributed by atoms with van der Waals surface area (Å²) < 4.78 is 5.10. The van der Waals surface area contributed by atoms with E-state index in [2.05, 4.69) is 15.4 Å². The Morgan fingerprint density at radius 3 is 2.65 bits per heavy atom. The Morgan fingerprint density at radius 2 is 2.09 bits per heavy atom. The number of nitrogens with one attached hydrogen (secondary N) is 1. The molecule has 0 aliphatic carbocycles. The number of hydrogen-bond acceptors (Lipinski definition) is 5. The van der Waals surface area contributed by atoms with Crippen LogP contribution in [0.1, 0.15) is 24.3 Å². The lowest BCUT2D eigenvalue weighted by atomic mass is 9.98. The van der Waals surface area contributed by atoms with Gasteiger partial charge in [-0.05, 0) is 26.3 Å². The van der Waals surface area contributed by atoms with Crippen LogP contribution < -0.4 is 5.32 Å². The van der Waals surface area contributed by atoms with Crippen molar-refractivity contribution in [3.05, 3.63) is 17.5 Å². The third-order valence-corrected chi connectivity index (χ3v) is 4.39. The molecule has 3 rings (SSSR count). The molecule has 0 spiro atoms. The zero-order chi connectivity index (χ0) is 14.7. The lowest BCUT2D eigenvalue weighted by molar-refractivity contribution is -0.137. The maximum Gasteiger partial charge on any atom is 0.227 e. The van der Waals surface area contributed by atoms with Gasteiger partial charge < -0.3 is 14.7 Å². The van der Waals surface area contributed by atoms with Gasteiger partial charge in [-0.3, -0.25) is 9.69 Å². The summed E-state index contributed by atoms with van der Waals surface area (Å²) in [6.45, 7) is 8.09. The van der Waals surface area contributed by atoms with Gasteiger partial charge >= 0.3 is 0 Å². The molecule has 3 heterocycles. The number of nitrogens with zero attached hydrogens (tertiary/aromatic N) is 3. The number of amides is 1. The molecule has 1 N–H and O–H groups in total. The van der Waals surface area contributed by atoms with Crippen LogP contribution in [0.2, 0.25) is 0 Å². The van der Waals surface area contributed by atoms with Gasteiger partial charge in [0.15, 0.2) is 0 Å². The van der Waals surface area contributed by atoms with Crippen molar-refractivity contribution >= 4 is 30.7 Å². The van der Waals surface area contributed by atoms with Gasteiger partial charge in [-0.25, -0.2) is 0 Å². The van der Waals surface area contributed by atoms with Crippen LogP contribution in [-0.4, -0.2) is 60.1 Å². The number of piperazine rings is 1. The highest BCUT2D eigenvalue weighted by Gasteiger charge is 2.28. The zero-order valence-corrected chi connectivity index (χ0v) is 15.1. The minimum absolute atomic E-state index is 0. The number of hydrogen-bond donors (Lipinski definition) is 1. The summed E-state index contributed by atoms with van der Waals surface area (Å²) in [7, 11) is 0. The second-order valence-corrected chi connectivity index (χ2v) is 6.07. The predicted molar refractivity (Wildman–Crippen MR) is 93.2 cm³/mol. The molecular weight excluding hydrogens is 339 g/mol. The van der Waals surface area contributed by atoms with Gasteiger partial charge in [0.25, 0.3) is 0 Å². The fraction of sp³-hybridized carbons (Fsp3) is 0.733. The van der Waals surface area contributed by atoms with Crippen molar-refractivity contribution in [3.63, 3.8) is 0 Å². The molecular formula is C15H26Cl2N4O2. The van der Waals surface area contributed by atoms with E-state index in [1.165, 1.54) is 0 Å². The quantitative estimate of drug-likeness (QED) is 0.879. The highest BCUT2D eigenvalue weighted by Crippen LogP contribution is 2.16. The Hall–Kier alpha value is -0.820. The third-order valence-electron chi connectivity index (χ3n) is 4.39. The van der Waals surface area contributed by atoms with Crippen molar-refractivity contribution in [1.29, 1.82) is 0 Å². The summed E-state index contributed by atoms with van der Waals surface area (Å²) in [6, 6.07) is 1.98. The van der Waals surface area contributed by atoms with Crippen molar-refractivity contribution < 1.29 is 9.32 Å². The number of piperidine rings is 1. The molecule has 0 saturated carbocycles. The number of aromatic nitrogens is 1. The van der Waals surface area contributed by atoms with Crippen molar-refractivity contribution in [2.75, 3.05) is 39.3 Å². The van der Waals surface area contributed by atoms with Crippen LogP contribution >= 0.6 is 24.8 Å². The van der Waals surface area contributed by atoms with Crippen molar-refractivity contribution in [1.82, 2.24) is 20.3 Å². The maximum absolute atomic E-state index is 12.5. The molecule has 1 unspecified atom stereocenters. The summed E-state index contributed by atoms with van der Waals surface area (Å²) in [5.41, 5.74) is 0.976. The summed E-state index contributed by atoms with van der Waals surface area (Å²) in [5.74, 6) is 1.37. The lowest BCUT2D eigenvalue weighted by Crippen LogP contribution is -2.51. The lowest BCUT2D eigenvalue weighted by Gasteiger charge is -2.36. The Balaban J connectivity index is 0.00000132. The molecule has 132 valence electrons. The van der Waals surface area contributed by atoms with Gasteiger partial charge in [-0.1, -0.05) is 5.16 Å². The van der Waals surface area contributed by atoms with E-state index in [1.54, 1.807) is 0 Å². The SMILES string of the molecule is Cc1cc(CN2CCN(C(=O)C3CCCNC3)CC2)no1.Cl.Cl. The Morgan fingerprint density at radius 1 is 1.35 bits per heavy atom. The molecule has 6 nitrogen and oxygen atoms in total. The minimum atomic E-state index is 0. The number of halogens is 2. The van der Waals surface area contributed by atoms with Gasteiger partial charge in [0.2, 0.25) is 5.91 Å². The van der Waals surface area contributed by atoms with Crippen LogP contribution in [0, 0.1) is 12.8 Å². The summed E-state index contributed by atoms with van der Waals surface area (Å²) >= 11 is 0. The maximum atomic E-state index is 12.5. The molecule has 0 radical (unpaired) electrons. The zero-order valence-electron chi connectivity index (χ0n) is 13.5. The molecule has 23 heavy (non-hydrogen) atoms. The first kappa shape index (κ1) is 20.2. The predicted octanol–water partition coefficient (Wildman–Crippen LogP) is 1.47. The van der Waals surface area contributed by atoms with E-state index >= 15 is 0 Å². The first-order valence-electron chi connectivity index (χ1n) is 7.86. The van der Waals surface area contributed by atoms with Crippen LogP contribution in [0.25, 0.3) is 0 Å². The van der Waals surface area contributed by atoms with Crippen LogP contribution in [0.4, 0.5) is 0 Å². The molecule has 1 aromatic rings. The molecule has 1 atom stereocenters. The topological polar surface area (TPSA) is 61.6 Å². The van der Waals surface area contributed by atoms with E-state index in [0.29, 0.717) is 5.91 Å². The average molecular weight is 365 g/mol. The smallest absolute Gasteiger partial charge is 0.227 e. The van der Waals surface area contributed by atoms with Crippen LogP contribution in [0.15, 0.2) is 10.6 Å². The third kappa shape index (κ3) is 5.35. The molecule has 2 fully saturated rings. The van der Waals surface area contributed by atoms with E-state index in [4.69, 9.17) is 4.52 Å². The molecule has 1 aromatic heterocycles. The van der Waals surface area contributed by atoms with Gasteiger partial charge in [-0.2, -0.15) is 0 Å². The number of carbonyl (C=O) groups excluding carboxylic acids is 1. The summed E-state index contributed by atoms with van der Waals surface area (Å²) in [6.07, 6.45) is 2.14. The van der Waals surface area contributed by atoms with Crippen LogP contribution in [0.3, 0.4) is 0 Å². The normalized spacial score (nSPS) is 22.1. The fourth-order valence-electron chi connectivity index (χ4n) is 3.17. The second-order valence-electron chi connectivity index (χ2n) is 6.07. The van der Waals surface area contributed by atoms with Gasteiger partial charge in [0.05, 0.1) is 11.6 Å². The Labute approximate surface area is 149 Å². The molecule has 2 aliphatic rings.